The summed E-state index contributed by atoms with van der Waals surface area (Å²) in [5.41, 5.74) is 2.36. The van der Waals surface area contributed by atoms with E-state index in [0.717, 1.165) is 22.1 Å². The number of carbonyl (C=O) groups is 1. The van der Waals surface area contributed by atoms with E-state index in [1.807, 2.05) is 33.8 Å². The maximum atomic E-state index is 12.6. The molecule has 0 radical (unpaired) electrons. The molecule has 0 bridgehead atoms. The number of aliphatic imine (C=N–C) groups is 1. The lowest BCUT2D eigenvalue weighted by Crippen LogP contribution is -2.35. The van der Waals surface area contributed by atoms with Crippen LogP contribution in [0, 0.1) is 0 Å². The number of aryl methyl sites for hydroxylation is 1. The minimum Gasteiger partial charge on any atom is -0.284 e. The predicted molar refractivity (Wildman–Crippen MR) is 95.9 cm³/mol. The monoisotopic (exact) mass is 316 g/mol. The van der Waals surface area contributed by atoms with E-state index in [2.05, 4.69) is 36.2 Å². The summed E-state index contributed by atoms with van der Waals surface area (Å²) in [4.78, 5) is 19.8. The van der Waals surface area contributed by atoms with Crippen LogP contribution in [0.15, 0.2) is 34.2 Å². The molecule has 1 saturated heterocycles. The van der Waals surface area contributed by atoms with Crippen molar-refractivity contribution >= 4 is 28.9 Å². The minimum atomic E-state index is 0.0546. The fraction of sp³-hybridized carbons (Fsp3) is 0.444. The van der Waals surface area contributed by atoms with Gasteiger partial charge in [0.2, 0.25) is 0 Å². The highest BCUT2D eigenvalue weighted by Gasteiger charge is 2.35. The summed E-state index contributed by atoms with van der Waals surface area (Å²) in [6, 6.07) is 8.65. The van der Waals surface area contributed by atoms with Crippen LogP contribution in [0.1, 0.15) is 45.7 Å². The Morgan fingerprint density at radius 2 is 1.82 bits per heavy atom. The van der Waals surface area contributed by atoms with Crippen molar-refractivity contribution in [1.82, 2.24) is 4.90 Å². The van der Waals surface area contributed by atoms with Crippen molar-refractivity contribution in [3.8, 4) is 0 Å². The molecular formula is C18H24N2OS. The Balaban J connectivity index is 2.31. The van der Waals surface area contributed by atoms with Gasteiger partial charge in [0.25, 0.3) is 5.91 Å². The van der Waals surface area contributed by atoms with Gasteiger partial charge in [0.1, 0.15) is 0 Å². The van der Waals surface area contributed by atoms with Crippen LogP contribution in [0.2, 0.25) is 0 Å². The first-order chi connectivity index (χ1) is 10.4. The number of rotatable bonds is 4. The molecule has 0 spiro atoms. The van der Waals surface area contributed by atoms with Crippen molar-refractivity contribution in [1.29, 1.82) is 0 Å². The van der Waals surface area contributed by atoms with E-state index in [4.69, 9.17) is 0 Å². The largest absolute Gasteiger partial charge is 0.284 e. The molecule has 0 unspecified atom stereocenters. The van der Waals surface area contributed by atoms with Crippen LogP contribution in [-0.4, -0.2) is 28.1 Å². The lowest BCUT2D eigenvalue weighted by atomic mass is 10.1. The van der Waals surface area contributed by atoms with Crippen LogP contribution >= 0.6 is 11.8 Å². The summed E-state index contributed by atoms with van der Waals surface area (Å²) in [5.74, 6) is 0.0546. The van der Waals surface area contributed by atoms with Crippen molar-refractivity contribution in [3.05, 3.63) is 40.3 Å². The van der Waals surface area contributed by atoms with E-state index in [-0.39, 0.29) is 18.0 Å². The van der Waals surface area contributed by atoms with E-state index in [1.165, 1.54) is 17.3 Å². The third kappa shape index (κ3) is 3.80. The Bertz CT molecular complexity index is 600. The van der Waals surface area contributed by atoms with E-state index >= 15 is 0 Å². The summed E-state index contributed by atoms with van der Waals surface area (Å²) in [6.45, 7) is 10.2. The second-order valence-corrected chi connectivity index (χ2v) is 6.99. The first kappa shape index (κ1) is 16.8. The molecule has 0 aromatic heterocycles. The molecule has 0 saturated carbocycles. The number of carbonyl (C=O) groups excluding carboxylic acids is 1. The summed E-state index contributed by atoms with van der Waals surface area (Å²) >= 11 is 1.48. The summed E-state index contributed by atoms with van der Waals surface area (Å²) in [7, 11) is 0. The average Bonchev–Trinajstić information content (AvgIpc) is 2.75. The van der Waals surface area contributed by atoms with Crippen LogP contribution in [-0.2, 0) is 11.2 Å². The highest BCUT2D eigenvalue weighted by atomic mass is 32.2. The van der Waals surface area contributed by atoms with Crippen molar-refractivity contribution in [2.75, 3.05) is 0 Å². The summed E-state index contributed by atoms with van der Waals surface area (Å²) < 4.78 is 0. The van der Waals surface area contributed by atoms with Gasteiger partial charge < -0.3 is 0 Å². The molecule has 0 N–H and O–H groups in total. The van der Waals surface area contributed by atoms with Gasteiger partial charge in [-0.25, -0.2) is 0 Å². The molecule has 3 nitrogen and oxygen atoms in total. The Morgan fingerprint density at radius 3 is 2.32 bits per heavy atom. The molecule has 1 fully saturated rings. The number of benzene rings is 1. The van der Waals surface area contributed by atoms with Gasteiger partial charge in [-0.15, -0.1) is 0 Å². The average molecular weight is 316 g/mol. The van der Waals surface area contributed by atoms with E-state index in [0.29, 0.717) is 0 Å². The molecule has 1 aliphatic heterocycles. The van der Waals surface area contributed by atoms with Gasteiger partial charge >= 0.3 is 0 Å². The van der Waals surface area contributed by atoms with Crippen LogP contribution < -0.4 is 0 Å². The molecule has 4 heteroatoms. The van der Waals surface area contributed by atoms with Crippen LogP contribution in [0.5, 0.6) is 0 Å². The fourth-order valence-corrected chi connectivity index (χ4v) is 3.49. The third-order valence-electron chi connectivity index (χ3n) is 3.41. The Labute approximate surface area is 137 Å². The lowest BCUT2D eigenvalue weighted by molar-refractivity contribution is -0.123. The predicted octanol–water partition coefficient (Wildman–Crippen LogP) is 4.34. The molecular weight excluding hydrogens is 292 g/mol. The number of thioether (sulfide) groups is 1. The quantitative estimate of drug-likeness (QED) is 0.774. The SMILES string of the molecule is CCc1ccc(/C=C2/SC(=NC(C)C)N(C(C)C)C2=O)cc1. The minimum absolute atomic E-state index is 0.0546. The van der Waals surface area contributed by atoms with Crippen LogP contribution in [0.3, 0.4) is 0 Å². The Hall–Kier alpha value is -1.55. The topological polar surface area (TPSA) is 32.7 Å². The highest BCUT2D eigenvalue weighted by molar-refractivity contribution is 8.18. The molecule has 1 aromatic carbocycles. The van der Waals surface area contributed by atoms with Gasteiger partial charge in [-0.1, -0.05) is 31.2 Å². The number of amides is 1. The second-order valence-electron chi connectivity index (χ2n) is 5.98. The number of nitrogens with zero attached hydrogens (tertiary/aromatic N) is 2. The summed E-state index contributed by atoms with van der Waals surface area (Å²) in [6.07, 6.45) is 2.99. The Kier molecular flexibility index (Phi) is 5.46. The normalized spacial score (nSPS) is 19.2. The molecule has 22 heavy (non-hydrogen) atoms. The molecule has 0 atom stereocenters. The number of hydrogen-bond donors (Lipinski definition) is 0. The van der Waals surface area contributed by atoms with Gasteiger partial charge in [0.15, 0.2) is 5.17 Å². The van der Waals surface area contributed by atoms with Crippen molar-refractivity contribution in [2.24, 2.45) is 4.99 Å². The molecule has 1 aromatic rings. The first-order valence-corrected chi connectivity index (χ1v) is 8.63. The standard InChI is InChI=1S/C18H24N2OS/c1-6-14-7-9-15(10-8-14)11-16-17(21)20(13(4)5)18(22-16)19-12(2)3/h7-13H,6H2,1-5H3/b16-11+,19-18?. The van der Waals surface area contributed by atoms with E-state index in [1.54, 1.807) is 4.90 Å². The van der Waals surface area contributed by atoms with Gasteiger partial charge in [-0.3, -0.25) is 14.7 Å². The zero-order valence-corrected chi connectivity index (χ0v) is 14.8. The fourth-order valence-electron chi connectivity index (χ4n) is 2.25. The van der Waals surface area contributed by atoms with E-state index in [9.17, 15) is 4.79 Å². The highest BCUT2D eigenvalue weighted by Crippen LogP contribution is 2.34. The van der Waals surface area contributed by atoms with Crippen LogP contribution in [0.25, 0.3) is 6.08 Å². The molecule has 1 aliphatic rings. The summed E-state index contributed by atoms with van der Waals surface area (Å²) in [5, 5.41) is 0.812. The van der Waals surface area contributed by atoms with Gasteiger partial charge in [-0.2, -0.15) is 0 Å². The van der Waals surface area contributed by atoms with Crippen molar-refractivity contribution in [3.63, 3.8) is 0 Å². The maximum absolute atomic E-state index is 12.6. The molecule has 1 heterocycles. The van der Waals surface area contributed by atoms with Crippen molar-refractivity contribution < 1.29 is 4.79 Å². The third-order valence-corrected chi connectivity index (χ3v) is 4.40. The molecule has 2 rings (SSSR count). The van der Waals surface area contributed by atoms with Gasteiger partial charge in [0.05, 0.1) is 4.91 Å². The van der Waals surface area contributed by atoms with Gasteiger partial charge in [0, 0.05) is 12.1 Å². The van der Waals surface area contributed by atoms with E-state index < -0.39 is 0 Å². The maximum Gasteiger partial charge on any atom is 0.266 e. The molecule has 0 aliphatic carbocycles. The van der Waals surface area contributed by atoms with Gasteiger partial charge in [-0.05, 0) is 63.1 Å². The number of amidine groups is 1. The smallest absolute Gasteiger partial charge is 0.266 e. The first-order valence-electron chi connectivity index (χ1n) is 7.82. The zero-order chi connectivity index (χ0) is 16.3. The van der Waals surface area contributed by atoms with Crippen LogP contribution in [0.4, 0.5) is 0 Å². The van der Waals surface area contributed by atoms with Crippen molar-refractivity contribution in [2.45, 2.75) is 53.1 Å². The molecule has 118 valence electrons. The lowest BCUT2D eigenvalue weighted by Gasteiger charge is -2.20. The Morgan fingerprint density at radius 1 is 1.18 bits per heavy atom. The number of hydrogen-bond acceptors (Lipinski definition) is 3. The second kappa shape index (κ2) is 7.14. The zero-order valence-electron chi connectivity index (χ0n) is 14.0. The molecule has 1 amide bonds.